The molecule has 0 saturated carbocycles. The SMILES string of the molecule is O=C(C[C@@H]1CCNC[C@@H]1Cc1cc(-c2ccc(F)cc2)on1)NCc1cccnc1. The molecule has 1 aliphatic rings. The van der Waals surface area contributed by atoms with Crippen molar-refractivity contribution in [3.05, 3.63) is 71.9 Å². The highest BCUT2D eigenvalue weighted by Crippen LogP contribution is 2.28. The molecule has 1 aliphatic heterocycles. The monoisotopic (exact) mass is 408 g/mol. The van der Waals surface area contributed by atoms with Crippen molar-refractivity contribution >= 4 is 5.91 Å². The molecule has 0 unspecified atom stereocenters. The lowest BCUT2D eigenvalue weighted by molar-refractivity contribution is -0.122. The standard InChI is InChI=1S/C23H25FN4O2/c24-20-5-3-17(4-6-20)22-12-21(28-30-22)10-19-15-26-9-7-18(19)11-23(29)27-14-16-2-1-8-25-13-16/h1-6,8,12-13,18-19,26H,7,9-11,14-15H2,(H,27,29)/t18-,19-/m0/s1. The zero-order valence-corrected chi connectivity index (χ0v) is 16.7. The molecule has 3 heterocycles. The number of nitrogens with zero attached hydrogens (tertiary/aromatic N) is 2. The predicted molar refractivity (Wildman–Crippen MR) is 111 cm³/mol. The highest BCUT2D eigenvalue weighted by Gasteiger charge is 2.28. The van der Waals surface area contributed by atoms with Crippen LogP contribution < -0.4 is 10.6 Å². The van der Waals surface area contributed by atoms with E-state index < -0.39 is 0 Å². The number of halogens is 1. The van der Waals surface area contributed by atoms with E-state index in [9.17, 15) is 9.18 Å². The van der Waals surface area contributed by atoms with E-state index in [4.69, 9.17) is 4.52 Å². The molecule has 2 aromatic heterocycles. The number of benzene rings is 1. The maximum atomic E-state index is 13.1. The minimum atomic E-state index is -0.281. The second-order valence-corrected chi connectivity index (χ2v) is 7.75. The minimum Gasteiger partial charge on any atom is -0.356 e. The van der Waals surface area contributed by atoms with Crippen LogP contribution in [0.15, 0.2) is 59.4 Å². The van der Waals surface area contributed by atoms with Crippen LogP contribution in [0.1, 0.15) is 24.1 Å². The topological polar surface area (TPSA) is 80.0 Å². The van der Waals surface area contributed by atoms with Gasteiger partial charge in [-0.2, -0.15) is 0 Å². The number of aromatic nitrogens is 2. The minimum absolute atomic E-state index is 0.0582. The van der Waals surface area contributed by atoms with E-state index in [1.54, 1.807) is 24.5 Å². The summed E-state index contributed by atoms with van der Waals surface area (Å²) in [6.07, 6.45) is 5.66. The molecular weight excluding hydrogens is 383 g/mol. The third-order valence-corrected chi connectivity index (χ3v) is 5.58. The van der Waals surface area contributed by atoms with E-state index in [0.29, 0.717) is 24.6 Å². The van der Waals surface area contributed by atoms with E-state index in [1.165, 1.54) is 12.1 Å². The number of carbonyl (C=O) groups is 1. The first-order valence-corrected chi connectivity index (χ1v) is 10.3. The lowest BCUT2D eigenvalue weighted by Crippen LogP contribution is -2.40. The van der Waals surface area contributed by atoms with Gasteiger partial charge in [0, 0.05) is 37.0 Å². The molecule has 0 bridgehead atoms. The summed E-state index contributed by atoms with van der Waals surface area (Å²) in [5.41, 5.74) is 2.63. The van der Waals surface area contributed by atoms with Crippen molar-refractivity contribution in [3.8, 4) is 11.3 Å². The highest BCUT2D eigenvalue weighted by atomic mass is 19.1. The van der Waals surface area contributed by atoms with Gasteiger partial charge in [-0.3, -0.25) is 9.78 Å². The molecule has 4 rings (SSSR count). The van der Waals surface area contributed by atoms with Crippen LogP contribution in [-0.4, -0.2) is 29.1 Å². The van der Waals surface area contributed by atoms with E-state index in [2.05, 4.69) is 20.8 Å². The van der Waals surface area contributed by atoms with Crippen LogP contribution in [0, 0.1) is 17.7 Å². The van der Waals surface area contributed by atoms with Gasteiger partial charge >= 0.3 is 0 Å². The molecular formula is C23H25FN4O2. The molecule has 1 fully saturated rings. The summed E-state index contributed by atoms with van der Waals surface area (Å²) in [5.74, 6) is 0.985. The van der Waals surface area contributed by atoms with Gasteiger partial charge in [0.2, 0.25) is 5.91 Å². The van der Waals surface area contributed by atoms with Gasteiger partial charge in [-0.05, 0) is 73.7 Å². The first kappa shape index (κ1) is 20.2. The summed E-state index contributed by atoms with van der Waals surface area (Å²) in [6.45, 7) is 2.25. The number of piperidine rings is 1. The van der Waals surface area contributed by atoms with Crippen LogP contribution in [0.5, 0.6) is 0 Å². The van der Waals surface area contributed by atoms with Crippen molar-refractivity contribution in [1.29, 1.82) is 0 Å². The highest BCUT2D eigenvalue weighted by molar-refractivity contribution is 5.76. The number of hydrogen-bond acceptors (Lipinski definition) is 5. The van der Waals surface area contributed by atoms with Crippen molar-refractivity contribution in [2.75, 3.05) is 13.1 Å². The maximum absolute atomic E-state index is 13.1. The molecule has 30 heavy (non-hydrogen) atoms. The zero-order valence-electron chi connectivity index (χ0n) is 16.7. The molecule has 0 spiro atoms. The second-order valence-electron chi connectivity index (χ2n) is 7.75. The Bertz CT molecular complexity index is 959. The van der Waals surface area contributed by atoms with Crippen LogP contribution in [0.25, 0.3) is 11.3 Å². The molecule has 2 atom stereocenters. The summed E-state index contributed by atoms with van der Waals surface area (Å²) in [5, 5.41) is 10.6. The fourth-order valence-corrected chi connectivity index (χ4v) is 3.93. The van der Waals surface area contributed by atoms with Gasteiger partial charge in [0.25, 0.3) is 0 Å². The fraction of sp³-hybridized carbons (Fsp3) is 0.348. The van der Waals surface area contributed by atoms with Gasteiger partial charge in [0.05, 0.1) is 5.69 Å². The van der Waals surface area contributed by atoms with E-state index >= 15 is 0 Å². The first-order valence-electron chi connectivity index (χ1n) is 10.3. The average Bonchev–Trinajstić information content (AvgIpc) is 3.23. The fourth-order valence-electron chi connectivity index (χ4n) is 3.93. The number of amides is 1. The molecule has 2 N–H and O–H groups in total. The smallest absolute Gasteiger partial charge is 0.220 e. The van der Waals surface area contributed by atoms with Crippen molar-refractivity contribution in [2.45, 2.75) is 25.8 Å². The quantitative estimate of drug-likeness (QED) is 0.627. The number of hydrogen-bond donors (Lipinski definition) is 2. The first-order chi connectivity index (χ1) is 14.7. The van der Waals surface area contributed by atoms with Crippen LogP contribution in [0.2, 0.25) is 0 Å². The molecule has 0 radical (unpaired) electrons. The lowest BCUT2D eigenvalue weighted by Gasteiger charge is -2.31. The van der Waals surface area contributed by atoms with Crippen molar-refractivity contribution in [3.63, 3.8) is 0 Å². The molecule has 3 aromatic rings. The van der Waals surface area contributed by atoms with Gasteiger partial charge in [0.1, 0.15) is 5.82 Å². The summed E-state index contributed by atoms with van der Waals surface area (Å²) in [7, 11) is 0. The summed E-state index contributed by atoms with van der Waals surface area (Å²) >= 11 is 0. The summed E-state index contributed by atoms with van der Waals surface area (Å²) in [6, 6.07) is 11.9. The number of nitrogens with one attached hydrogen (secondary N) is 2. The lowest BCUT2D eigenvalue weighted by atomic mass is 9.81. The van der Waals surface area contributed by atoms with Crippen LogP contribution >= 0.6 is 0 Å². The van der Waals surface area contributed by atoms with Gasteiger partial charge in [-0.1, -0.05) is 11.2 Å². The number of rotatable bonds is 7. The third kappa shape index (κ3) is 5.30. The van der Waals surface area contributed by atoms with Crippen molar-refractivity contribution in [2.24, 2.45) is 11.8 Å². The Labute approximate surface area is 174 Å². The Morgan fingerprint density at radius 2 is 2.10 bits per heavy atom. The number of carbonyl (C=O) groups excluding carboxylic acids is 1. The van der Waals surface area contributed by atoms with Crippen LogP contribution in [-0.2, 0) is 17.8 Å². The molecule has 7 heteroatoms. The van der Waals surface area contributed by atoms with Crippen molar-refractivity contribution in [1.82, 2.24) is 20.8 Å². The predicted octanol–water partition coefficient (Wildman–Crippen LogP) is 3.35. The second kappa shape index (κ2) is 9.63. The van der Waals surface area contributed by atoms with Gasteiger partial charge < -0.3 is 15.2 Å². The van der Waals surface area contributed by atoms with E-state index in [1.807, 2.05) is 18.2 Å². The Kier molecular flexibility index (Phi) is 6.49. The van der Waals surface area contributed by atoms with Crippen molar-refractivity contribution < 1.29 is 13.7 Å². The largest absolute Gasteiger partial charge is 0.356 e. The molecule has 6 nitrogen and oxygen atoms in total. The summed E-state index contributed by atoms with van der Waals surface area (Å²) < 4.78 is 18.6. The van der Waals surface area contributed by atoms with Gasteiger partial charge in [0.15, 0.2) is 5.76 Å². The maximum Gasteiger partial charge on any atom is 0.220 e. The average molecular weight is 408 g/mol. The molecule has 1 amide bonds. The Morgan fingerprint density at radius 3 is 2.90 bits per heavy atom. The normalized spacial score (nSPS) is 18.8. The molecule has 0 aliphatic carbocycles. The molecule has 1 saturated heterocycles. The van der Waals surface area contributed by atoms with E-state index in [-0.39, 0.29) is 17.6 Å². The third-order valence-electron chi connectivity index (χ3n) is 5.58. The molecule has 1 aromatic carbocycles. The van der Waals surface area contributed by atoms with Gasteiger partial charge in [-0.15, -0.1) is 0 Å². The van der Waals surface area contributed by atoms with Crippen LogP contribution in [0.3, 0.4) is 0 Å². The van der Waals surface area contributed by atoms with Gasteiger partial charge in [-0.25, -0.2) is 4.39 Å². The zero-order chi connectivity index (χ0) is 20.8. The Morgan fingerprint density at radius 1 is 1.23 bits per heavy atom. The number of pyridine rings is 1. The van der Waals surface area contributed by atoms with E-state index in [0.717, 1.165) is 42.8 Å². The molecule has 156 valence electrons. The van der Waals surface area contributed by atoms with Crippen LogP contribution in [0.4, 0.5) is 4.39 Å². The Balaban J connectivity index is 1.34. The Hall–Kier alpha value is -3.06. The summed E-state index contributed by atoms with van der Waals surface area (Å²) in [4.78, 5) is 16.6.